The Kier molecular flexibility index (Phi) is 9.96. The first kappa shape index (κ1) is 25.5. The quantitative estimate of drug-likeness (QED) is 0.305. The lowest BCUT2D eigenvalue weighted by Gasteiger charge is -2.17. The Morgan fingerprint density at radius 1 is 1.42 bits per heavy atom. The number of carbonyl (C=O) groups excluding carboxylic acids is 1. The smallest absolute Gasteiger partial charge is 0.259 e. The van der Waals surface area contributed by atoms with Crippen LogP contribution in [-0.4, -0.2) is 37.9 Å². The summed E-state index contributed by atoms with van der Waals surface area (Å²) in [5.74, 6) is -0.109. The molecule has 1 heterocycles. The van der Waals surface area contributed by atoms with Crippen LogP contribution in [0.2, 0.25) is 0 Å². The summed E-state index contributed by atoms with van der Waals surface area (Å²) in [6.45, 7) is 6.34. The number of methoxy groups -OCH3 is 2. The van der Waals surface area contributed by atoms with Crippen molar-refractivity contribution in [2.75, 3.05) is 20.8 Å². The Morgan fingerprint density at radius 3 is 2.82 bits per heavy atom. The van der Waals surface area contributed by atoms with Crippen molar-refractivity contribution in [3.05, 3.63) is 71.3 Å². The number of nitrogens with one attached hydrogen (secondary N) is 1. The van der Waals surface area contributed by atoms with Gasteiger partial charge in [0.25, 0.3) is 5.91 Å². The predicted molar refractivity (Wildman–Crippen MR) is 130 cm³/mol. The van der Waals surface area contributed by atoms with Gasteiger partial charge in [-0.25, -0.2) is 9.98 Å². The van der Waals surface area contributed by atoms with Gasteiger partial charge in [-0.15, -0.1) is 0 Å². The minimum Gasteiger partial charge on any atom is -0.403 e. The van der Waals surface area contributed by atoms with E-state index in [0.717, 1.165) is 29.3 Å². The van der Waals surface area contributed by atoms with E-state index >= 15 is 0 Å². The van der Waals surface area contributed by atoms with Crippen LogP contribution in [0.3, 0.4) is 0 Å². The summed E-state index contributed by atoms with van der Waals surface area (Å²) in [5.41, 5.74) is 8.09. The van der Waals surface area contributed by atoms with Crippen LogP contribution in [0.25, 0.3) is 17.0 Å². The highest BCUT2D eigenvalue weighted by molar-refractivity contribution is 6.06. The van der Waals surface area contributed by atoms with E-state index in [1.165, 1.54) is 6.21 Å². The molecule has 2 rings (SSSR count). The van der Waals surface area contributed by atoms with Crippen LogP contribution >= 0.6 is 0 Å². The van der Waals surface area contributed by atoms with Crippen molar-refractivity contribution in [3.63, 3.8) is 0 Å². The van der Waals surface area contributed by atoms with Crippen LogP contribution in [0, 0.1) is 11.3 Å². The van der Waals surface area contributed by atoms with Crippen molar-refractivity contribution in [1.29, 1.82) is 5.26 Å². The van der Waals surface area contributed by atoms with Gasteiger partial charge in [-0.05, 0) is 36.6 Å². The van der Waals surface area contributed by atoms with Gasteiger partial charge in [-0.1, -0.05) is 31.7 Å². The number of amides is 1. The molecule has 0 saturated carbocycles. The Labute approximate surface area is 194 Å². The Hall–Kier alpha value is -3.80. The number of nitriles is 1. The second-order valence-electron chi connectivity index (χ2n) is 6.99. The van der Waals surface area contributed by atoms with Crippen LogP contribution in [0.1, 0.15) is 47.5 Å². The fourth-order valence-electron chi connectivity index (χ4n) is 3.19. The molecule has 2 aromatic rings. The number of nitrogens with two attached hydrogens (primary N) is 1. The van der Waals surface area contributed by atoms with Crippen molar-refractivity contribution < 1.29 is 14.3 Å². The fourth-order valence-corrected chi connectivity index (χ4v) is 3.19. The van der Waals surface area contributed by atoms with Crippen LogP contribution < -0.4 is 11.1 Å². The number of pyridine rings is 1. The molecule has 0 fully saturated rings. The van der Waals surface area contributed by atoms with Gasteiger partial charge in [0.15, 0.2) is 0 Å². The molecule has 8 nitrogen and oxygen atoms in total. The number of allylic oxidation sites excluding steroid dienone is 1. The van der Waals surface area contributed by atoms with E-state index in [4.69, 9.17) is 25.5 Å². The normalized spacial score (nSPS) is 13.2. The number of nitrogens with zero attached hydrogens (tertiary/aromatic N) is 3. The van der Waals surface area contributed by atoms with Crippen LogP contribution in [0.15, 0.2) is 59.5 Å². The topological polar surface area (TPSA) is 123 Å². The van der Waals surface area contributed by atoms with Crippen LogP contribution in [0.4, 0.5) is 0 Å². The van der Waals surface area contributed by atoms with Crippen molar-refractivity contribution in [3.8, 4) is 6.07 Å². The van der Waals surface area contributed by atoms with Crippen LogP contribution in [0.5, 0.6) is 0 Å². The number of para-hydroxylation sites is 1. The molecule has 0 radical (unpaired) electrons. The van der Waals surface area contributed by atoms with E-state index in [0.29, 0.717) is 24.1 Å². The maximum atomic E-state index is 13.2. The van der Waals surface area contributed by atoms with Gasteiger partial charge in [-0.2, -0.15) is 5.26 Å². The molecule has 0 aliphatic rings. The van der Waals surface area contributed by atoms with E-state index in [-0.39, 0.29) is 23.4 Å². The number of hydrogen-bond acceptors (Lipinski definition) is 7. The van der Waals surface area contributed by atoms with Crippen molar-refractivity contribution in [2.24, 2.45) is 10.7 Å². The molecule has 3 N–H and O–H groups in total. The van der Waals surface area contributed by atoms with Gasteiger partial charge in [0.2, 0.25) is 0 Å². The molecular formula is C25H29N5O3. The number of fused-ring (bicyclic) bond motifs is 1. The number of benzene rings is 1. The van der Waals surface area contributed by atoms with Gasteiger partial charge >= 0.3 is 0 Å². The summed E-state index contributed by atoms with van der Waals surface area (Å²) >= 11 is 0. The molecule has 1 amide bonds. The van der Waals surface area contributed by atoms with Crippen molar-refractivity contribution in [2.45, 2.75) is 25.9 Å². The highest BCUT2D eigenvalue weighted by atomic mass is 16.5. The monoisotopic (exact) mass is 447 g/mol. The van der Waals surface area contributed by atoms with Crippen molar-refractivity contribution in [1.82, 2.24) is 10.3 Å². The van der Waals surface area contributed by atoms with E-state index < -0.39 is 0 Å². The fraction of sp³-hybridized carbons (Fsp3) is 0.280. The zero-order chi connectivity index (χ0) is 24.2. The number of aromatic nitrogens is 1. The Bertz CT molecular complexity index is 1120. The zero-order valence-corrected chi connectivity index (χ0v) is 19.2. The van der Waals surface area contributed by atoms with Gasteiger partial charge < -0.3 is 20.5 Å². The maximum Gasteiger partial charge on any atom is 0.259 e. The summed E-state index contributed by atoms with van der Waals surface area (Å²) < 4.78 is 10.6. The molecule has 1 aromatic heterocycles. The first-order chi connectivity index (χ1) is 16.0. The van der Waals surface area contributed by atoms with E-state index in [1.54, 1.807) is 38.5 Å². The average Bonchev–Trinajstić information content (AvgIpc) is 2.84. The predicted octanol–water partition coefficient (Wildman–Crippen LogP) is 4.02. The Balaban J connectivity index is 2.49. The molecule has 0 saturated heterocycles. The largest absolute Gasteiger partial charge is 0.403 e. The summed E-state index contributed by atoms with van der Waals surface area (Å²) in [5, 5.41) is 12.6. The van der Waals surface area contributed by atoms with Gasteiger partial charge in [0.1, 0.15) is 11.9 Å². The second-order valence-corrected chi connectivity index (χ2v) is 6.99. The van der Waals surface area contributed by atoms with Gasteiger partial charge in [0.05, 0.1) is 28.5 Å². The average molecular weight is 448 g/mol. The number of hydrogen-bond donors (Lipinski definition) is 2. The molecule has 1 atom stereocenters. The molecule has 8 heteroatoms. The molecule has 0 spiro atoms. The van der Waals surface area contributed by atoms with Gasteiger partial charge in [-0.3, -0.25) is 4.79 Å². The third-order valence-corrected chi connectivity index (χ3v) is 4.88. The highest BCUT2D eigenvalue weighted by Crippen LogP contribution is 2.28. The number of carbonyl (C=O) groups is 1. The van der Waals surface area contributed by atoms with E-state index in [1.807, 2.05) is 25.1 Å². The molecule has 0 aliphatic heterocycles. The van der Waals surface area contributed by atoms with Crippen molar-refractivity contribution >= 4 is 29.1 Å². The van der Waals surface area contributed by atoms with Crippen LogP contribution in [-0.2, 0) is 9.47 Å². The summed E-state index contributed by atoms with van der Waals surface area (Å²) in [7, 11) is 3.21. The van der Waals surface area contributed by atoms with Gasteiger partial charge in [0, 0.05) is 38.6 Å². The number of aliphatic imine (C=N–C) groups is 1. The Morgan fingerprint density at radius 2 is 2.21 bits per heavy atom. The first-order valence-corrected chi connectivity index (χ1v) is 10.5. The molecule has 0 aliphatic carbocycles. The van der Waals surface area contributed by atoms with E-state index in [9.17, 15) is 4.79 Å². The SMILES string of the molecule is C=Cc1cc2cccc(C(=O)NC(=C/CCOC)/N=C\C(C#N)=C\N)c2nc1C(CC)OC. The zero-order valence-electron chi connectivity index (χ0n) is 19.2. The standard InChI is InChI=1S/C25H29N5O3/c1-5-18-13-19-9-7-10-20(23(19)30-24(18)21(6-2)33-4)25(31)29-22(11-8-12-32-3)28-16-17(14-26)15-27/h5,7,9-11,13-14,16,21H,1,6,8,12,26H2,2-4H3,(H,29,31)/b17-14+,22-11+,28-16-. The third-order valence-electron chi connectivity index (χ3n) is 4.88. The molecule has 172 valence electrons. The summed E-state index contributed by atoms with van der Waals surface area (Å²) in [4.78, 5) is 22.2. The second kappa shape index (κ2) is 12.9. The van der Waals surface area contributed by atoms with E-state index in [2.05, 4.69) is 16.9 Å². The molecule has 1 aromatic carbocycles. The minimum absolute atomic E-state index is 0.167. The highest BCUT2D eigenvalue weighted by Gasteiger charge is 2.18. The lowest BCUT2D eigenvalue weighted by Crippen LogP contribution is -2.23. The maximum absolute atomic E-state index is 13.2. The lowest BCUT2D eigenvalue weighted by molar-refractivity contribution is 0.0957. The molecular weight excluding hydrogens is 418 g/mol. The summed E-state index contributed by atoms with van der Waals surface area (Å²) in [6.07, 6.45) is 6.90. The molecule has 1 unspecified atom stereocenters. The number of ether oxygens (including phenoxy) is 2. The lowest BCUT2D eigenvalue weighted by atomic mass is 10.0. The molecule has 33 heavy (non-hydrogen) atoms. The first-order valence-electron chi connectivity index (χ1n) is 10.5. The minimum atomic E-state index is -0.382. The summed E-state index contributed by atoms with van der Waals surface area (Å²) in [6, 6.07) is 9.25. The molecule has 0 bridgehead atoms. The number of rotatable bonds is 11. The third kappa shape index (κ3) is 6.59.